The zero-order chi connectivity index (χ0) is 11.3. The Hall–Kier alpha value is -1.00. The number of nitrogens with zero attached hydrogens (tertiary/aromatic N) is 1. The van der Waals surface area contributed by atoms with Crippen LogP contribution in [0.25, 0.3) is 0 Å². The highest BCUT2D eigenvalue weighted by Gasteiger charge is 2.06. The maximum Gasteiger partial charge on any atom is 0.149 e. The van der Waals surface area contributed by atoms with Crippen molar-refractivity contribution >= 4 is 23.1 Å². The molecule has 1 aromatic rings. The zero-order valence-electron chi connectivity index (χ0n) is 8.96. The molecule has 4 nitrogen and oxygen atoms in total. The number of nitrogen functional groups attached to an aromatic ring is 1. The van der Waals surface area contributed by atoms with Crippen molar-refractivity contribution in [2.45, 2.75) is 19.4 Å². The molecule has 0 saturated heterocycles. The lowest BCUT2D eigenvalue weighted by Crippen LogP contribution is -2.18. The molecule has 1 heterocycles. The third-order valence-corrected chi connectivity index (χ3v) is 2.23. The second-order valence-electron chi connectivity index (χ2n) is 3.42. The van der Waals surface area contributed by atoms with Gasteiger partial charge in [0.05, 0.1) is 10.7 Å². The first-order valence-electron chi connectivity index (χ1n) is 4.80. The molecule has 15 heavy (non-hydrogen) atoms. The van der Waals surface area contributed by atoms with Crippen LogP contribution in [0.1, 0.15) is 13.3 Å². The van der Waals surface area contributed by atoms with Crippen molar-refractivity contribution in [1.82, 2.24) is 4.98 Å². The van der Waals surface area contributed by atoms with Crippen LogP contribution in [0, 0.1) is 0 Å². The highest BCUT2D eigenvalue weighted by molar-refractivity contribution is 6.30. The average Bonchev–Trinajstić information content (AvgIpc) is 2.19. The lowest BCUT2D eigenvalue weighted by Gasteiger charge is -2.15. The van der Waals surface area contributed by atoms with Gasteiger partial charge >= 0.3 is 0 Å². The molecule has 3 N–H and O–H groups in total. The molecule has 1 unspecified atom stereocenters. The van der Waals surface area contributed by atoms with Gasteiger partial charge in [-0.3, -0.25) is 0 Å². The molecule has 1 aromatic heterocycles. The van der Waals surface area contributed by atoms with Crippen LogP contribution in [-0.2, 0) is 4.74 Å². The number of nitrogens with two attached hydrogens (primary N) is 1. The normalized spacial score (nSPS) is 12.5. The second kappa shape index (κ2) is 5.78. The minimum atomic E-state index is 0.265. The van der Waals surface area contributed by atoms with E-state index in [1.54, 1.807) is 19.4 Å². The standard InChI is InChI=1S/C10H16ClN3O/c1-7(3-4-15-2)14-10-9(12)5-8(11)6-13-10/h5-7H,3-4,12H2,1-2H3,(H,13,14). The van der Waals surface area contributed by atoms with Crippen LogP contribution in [0.2, 0.25) is 5.02 Å². The molecule has 0 bridgehead atoms. The summed E-state index contributed by atoms with van der Waals surface area (Å²) in [5.74, 6) is 0.669. The molecular weight excluding hydrogens is 214 g/mol. The fraction of sp³-hybridized carbons (Fsp3) is 0.500. The Labute approximate surface area is 94.8 Å². The van der Waals surface area contributed by atoms with Crippen molar-refractivity contribution in [2.75, 3.05) is 24.8 Å². The van der Waals surface area contributed by atoms with E-state index in [0.717, 1.165) is 6.42 Å². The lowest BCUT2D eigenvalue weighted by molar-refractivity contribution is 0.191. The minimum absolute atomic E-state index is 0.265. The topological polar surface area (TPSA) is 60.2 Å². The molecular formula is C10H16ClN3O. The average molecular weight is 230 g/mol. The molecule has 0 aliphatic rings. The van der Waals surface area contributed by atoms with Gasteiger partial charge in [-0.2, -0.15) is 0 Å². The Morgan fingerprint density at radius 3 is 3.00 bits per heavy atom. The van der Waals surface area contributed by atoms with Gasteiger partial charge in [-0.25, -0.2) is 4.98 Å². The molecule has 0 spiro atoms. The number of rotatable bonds is 5. The summed E-state index contributed by atoms with van der Waals surface area (Å²) >= 11 is 5.75. The SMILES string of the molecule is COCCC(C)Nc1ncc(Cl)cc1N. The Bertz CT molecular complexity index is 320. The molecule has 1 atom stereocenters. The van der Waals surface area contributed by atoms with Crippen LogP contribution in [0.5, 0.6) is 0 Å². The maximum absolute atomic E-state index is 5.76. The van der Waals surface area contributed by atoms with Gasteiger partial charge < -0.3 is 15.8 Å². The number of nitrogens with one attached hydrogen (secondary N) is 1. The fourth-order valence-electron chi connectivity index (χ4n) is 1.18. The van der Waals surface area contributed by atoms with Crippen molar-refractivity contribution in [3.05, 3.63) is 17.3 Å². The van der Waals surface area contributed by atoms with Gasteiger partial charge in [0.2, 0.25) is 0 Å². The van der Waals surface area contributed by atoms with Crippen molar-refractivity contribution in [3.8, 4) is 0 Å². The van der Waals surface area contributed by atoms with Gasteiger partial charge in [-0.05, 0) is 19.4 Å². The molecule has 0 aliphatic heterocycles. The third-order valence-electron chi connectivity index (χ3n) is 2.02. The first-order valence-corrected chi connectivity index (χ1v) is 5.17. The van der Waals surface area contributed by atoms with Crippen molar-refractivity contribution in [1.29, 1.82) is 0 Å². The van der Waals surface area contributed by atoms with Crippen LogP contribution in [0.15, 0.2) is 12.3 Å². The van der Waals surface area contributed by atoms with E-state index in [1.807, 2.05) is 0 Å². The number of ether oxygens (including phenoxy) is 1. The molecule has 0 radical (unpaired) electrons. The van der Waals surface area contributed by atoms with Gasteiger partial charge in [0, 0.05) is 26.0 Å². The second-order valence-corrected chi connectivity index (χ2v) is 3.85. The Morgan fingerprint density at radius 2 is 2.40 bits per heavy atom. The molecule has 0 saturated carbocycles. The van der Waals surface area contributed by atoms with E-state index in [2.05, 4.69) is 17.2 Å². The predicted molar refractivity (Wildman–Crippen MR) is 63.2 cm³/mol. The fourth-order valence-corrected chi connectivity index (χ4v) is 1.34. The molecule has 0 amide bonds. The molecule has 1 rings (SSSR count). The summed E-state index contributed by atoms with van der Waals surface area (Å²) in [6.07, 6.45) is 2.48. The van der Waals surface area contributed by atoms with E-state index in [-0.39, 0.29) is 6.04 Å². The quantitative estimate of drug-likeness (QED) is 0.812. The summed E-state index contributed by atoms with van der Waals surface area (Å²) in [5, 5.41) is 3.74. The number of hydrogen-bond donors (Lipinski definition) is 2. The number of pyridine rings is 1. The lowest BCUT2D eigenvalue weighted by atomic mass is 10.2. The molecule has 0 aliphatic carbocycles. The van der Waals surface area contributed by atoms with Gasteiger partial charge in [0.15, 0.2) is 0 Å². The van der Waals surface area contributed by atoms with Crippen LogP contribution in [0.3, 0.4) is 0 Å². The monoisotopic (exact) mass is 229 g/mol. The van der Waals surface area contributed by atoms with E-state index in [9.17, 15) is 0 Å². The summed E-state index contributed by atoms with van der Waals surface area (Å²) in [6.45, 7) is 2.76. The Kier molecular flexibility index (Phi) is 4.65. The van der Waals surface area contributed by atoms with Crippen LogP contribution in [0.4, 0.5) is 11.5 Å². The Morgan fingerprint density at radius 1 is 1.67 bits per heavy atom. The van der Waals surface area contributed by atoms with Crippen molar-refractivity contribution in [2.24, 2.45) is 0 Å². The van der Waals surface area contributed by atoms with E-state index >= 15 is 0 Å². The molecule has 5 heteroatoms. The van der Waals surface area contributed by atoms with Gasteiger partial charge in [-0.1, -0.05) is 11.6 Å². The van der Waals surface area contributed by atoms with E-state index < -0.39 is 0 Å². The first kappa shape index (κ1) is 12.1. The maximum atomic E-state index is 5.76. The van der Waals surface area contributed by atoms with Crippen molar-refractivity contribution < 1.29 is 4.74 Å². The summed E-state index contributed by atoms with van der Waals surface area (Å²) in [4.78, 5) is 4.12. The summed E-state index contributed by atoms with van der Waals surface area (Å²) in [7, 11) is 1.68. The van der Waals surface area contributed by atoms with Crippen LogP contribution in [-0.4, -0.2) is 24.7 Å². The smallest absolute Gasteiger partial charge is 0.149 e. The summed E-state index contributed by atoms with van der Waals surface area (Å²) in [6, 6.07) is 1.95. The number of anilines is 2. The molecule has 0 fully saturated rings. The van der Waals surface area contributed by atoms with Crippen molar-refractivity contribution in [3.63, 3.8) is 0 Å². The minimum Gasteiger partial charge on any atom is -0.396 e. The van der Waals surface area contributed by atoms with Crippen LogP contribution < -0.4 is 11.1 Å². The van der Waals surface area contributed by atoms with E-state index in [0.29, 0.717) is 23.1 Å². The Balaban J connectivity index is 2.56. The highest BCUT2D eigenvalue weighted by atomic mass is 35.5. The van der Waals surface area contributed by atoms with Gasteiger partial charge in [-0.15, -0.1) is 0 Å². The summed E-state index contributed by atoms with van der Waals surface area (Å²) < 4.78 is 4.99. The molecule has 84 valence electrons. The van der Waals surface area contributed by atoms with E-state index in [4.69, 9.17) is 22.1 Å². The third kappa shape index (κ3) is 3.93. The van der Waals surface area contributed by atoms with E-state index in [1.165, 1.54) is 0 Å². The number of aromatic nitrogens is 1. The number of hydrogen-bond acceptors (Lipinski definition) is 4. The van der Waals surface area contributed by atoms with Gasteiger partial charge in [0.1, 0.15) is 5.82 Å². The molecule has 0 aromatic carbocycles. The largest absolute Gasteiger partial charge is 0.396 e. The van der Waals surface area contributed by atoms with Gasteiger partial charge in [0.25, 0.3) is 0 Å². The number of methoxy groups -OCH3 is 1. The predicted octanol–water partition coefficient (Wildman–Crippen LogP) is 2.15. The van der Waals surface area contributed by atoms with Crippen LogP contribution >= 0.6 is 11.6 Å². The first-order chi connectivity index (χ1) is 7.13. The summed E-state index contributed by atoms with van der Waals surface area (Å²) in [5.41, 5.74) is 6.32. The zero-order valence-corrected chi connectivity index (χ0v) is 9.71. The highest BCUT2D eigenvalue weighted by Crippen LogP contribution is 2.20. The number of halogens is 1.